The molecule has 15 heavy (non-hydrogen) atoms. The summed E-state index contributed by atoms with van der Waals surface area (Å²) in [6.45, 7) is 0.346. The average Bonchev–Trinajstić information content (AvgIpc) is 2.25. The van der Waals surface area contributed by atoms with E-state index in [1.807, 2.05) is 0 Å². The topological polar surface area (TPSA) is 55.8 Å². The van der Waals surface area contributed by atoms with E-state index in [0.29, 0.717) is 18.2 Å². The first-order valence-electron chi connectivity index (χ1n) is 4.29. The Morgan fingerprint density at radius 2 is 2.27 bits per heavy atom. The molecule has 0 aliphatic heterocycles. The fraction of sp³-hybridized carbons (Fsp3) is 0.300. The van der Waals surface area contributed by atoms with Crippen LogP contribution in [0.15, 0.2) is 18.2 Å². The van der Waals surface area contributed by atoms with E-state index in [-0.39, 0.29) is 11.3 Å². The third kappa shape index (κ3) is 3.02. The van der Waals surface area contributed by atoms with Crippen LogP contribution in [0.4, 0.5) is 0 Å². The Labute approximate surface area is 92.4 Å². The minimum atomic E-state index is -0.587. The van der Waals surface area contributed by atoms with Gasteiger partial charge in [0.15, 0.2) is 0 Å². The highest BCUT2D eigenvalue weighted by atomic mass is 35.5. The number of ether oxygens (including phenoxy) is 2. The number of hydrogen-bond acceptors (Lipinski definition) is 4. The third-order valence-corrected chi connectivity index (χ3v) is 1.87. The second kappa shape index (κ2) is 5.46. The maximum atomic E-state index is 11.1. The zero-order chi connectivity index (χ0) is 11.3. The van der Waals surface area contributed by atoms with Crippen LogP contribution >= 0.6 is 11.6 Å². The molecule has 0 saturated heterocycles. The van der Waals surface area contributed by atoms with E-state index in [2.05, 4.69) is 4.74 Å². The van der Waals surface area contributed by atoms with Crippen molar-refractivity contribution in [1.82, 2.24) is 0 Å². The van der Waals surface area contributed by atoms with Crippen LogP contribution < -0.4 is 4.74 Å². The van der Waals surface area contributed by atoms with Gasteiger partial charge < -0.3 is 14.6 Å². The fourth-order valence-corrected chi connectivity index (χ4v) is 1.12. The molecule has 0 amide bonds. The van der Waals surface area contributed by atoms with Gasteiger partial charge in [-0.3, -0.25) is 0 Å². The van der Waals surface area contributed by atoms with Gasteiger partial charge in [0.1, 0.15) is 23.7 Å². The maximum Gasteiger partial charge on any atom is 0.341 e. The molecule has 0 saturated carbocycles. The van der Waals surface area contributed by atoms with Gasteiger partial charge in [-0.25, -0.2) is 4.79 Å². The summed E-state index contributed by atoms with van der Waals surface area (Å²) in [5.41, 5.74) is 0.107. The monoisotopic (exact) mass is 230 g/mol. The zero-order valence-electron chi connectivity index (χ0n) is 8.20. The lowest BCUT2D eigenvalue weighted by Gasteiger charge is -2.06. The van der Waals surface area contributed by atoms with E-state index in [1.54, 1.807) is 6.07 Å². The summed E-state index contributed by atoms with van der Waals surface area (Å²) in [4.78, 5) is 11.1. The Morgan fingerprint density at radius 1 is 1.53 bits per heavy atom. The van der Waals surface area contributed by atoms with Crippen molar-refractivity contribution in [1.29, 1.82) is 0 Å². The molecule has 1 rings (SSSR count). The summed E-state index contributed by atoms with van der Waals surface area (Å²) in [5, 5.41) is 9.48. The molecule has 1 aromatic carbocycles. The summed E-state index contributed by atoms with van der Waals surface area (Å²) in [5.74, 6) is 0.0607. The van der Waals surface area contributed by atoms with Crippen molar-refractivity contribution in [3.63, 3.8) is 0 Å². The summed E-state index contributed by atoms with van der Waals surface area (Å²) < 4.78 is 9.64. The second-order valence-corrected chi connectivity index (χ2v) is 3.09. The quantitative estimate of drug-likeness (QED) is 0.633. The first kappa shape index (κ1) is 11.7. The Balaban J connectivity index is 2.83. The van der Waals surface area contributed by atoms with Crippen molar-refractivity contribution in [2.24, 2.45) is 0 Å². The number of benzene rings is 1. The molecular weight excluding hydrogens is 220 g/mol. The zero-order valence-corrected chi connectivity index (χ0v) is 8.95. The van der Waals surface area contributed by atoms with Gasteiger partial charge in [-0.2, -0.15) is 0 Å². The van der Waals surface area contributed by atoms with Gasteiger partial charge >= 0.3 is 5.97 Å². The van der Waals surface area contributed by atoms with Crippen molar-refractivity contribution < 1.29 is 19.4 Å². The number of halogens is 1. The van der Waals surface area contributed by atoms with E-state index >= 15 is 0 Å². The summed E-state index contributed by atoms with van der Waals surface area (Å²) in [6, 6.07) is 4.35. The highest BCUT2D eigenvalue weighted by Crippen LogP contribution is 2.24. The van der Waals surface area contributed by atoms with E-state index < -0.39 is 5.97 Å². The molecule has 0 spiro atoms. The number of hydrogen-bond donors (Lipinski definition) is 1. The highest BCUT2D eigenvalue weighted by molar-refractivity contribution is 6.18. The van der Waals surface area contributed by atoms with E-state index in [1.165, 1.54) is 19.2 Å². The van der Waals surface area contributed by atoms with Gasteiger partial charge in [0, 0.05) is 6.07 Å². The largest absolute Gasteiger partial charge is 0.507 e. The van der Waals surface area contributed by atoms with Crippen LogP contribution in [0.1, 0.15) is 10.4 Å². The van der Waals surface area contributed by atoms with Crippen LogP contribution in [0.2, 0.25) is 0 Å². The van der Waals surface area contributed by atoms with Gasteiger partial charge in [0.2, 0.25) is 0 Å². The number of phenolic OH excluding ortho intramolecular Hbond substituents is 1. The van der Waals surface area contributed by atoms with E-state index in [0.717, 1.165) is 0 Å². The summed E-state index contributed by atoms with van der Waals surface area (Å²) in [7, 11) is 1.25. The number of methoxy groups -OCH3 is 1. The Morgan fingerprint density at radius 3 is 2.80 bits per heavy atom. The van der Waals surface area contributed by atoms with Crippen LogP contribution in [0.5, 0.6) is 11.5 Å². The molecule has 1 N–H and O–H groups in total. The van der Waals surface area contributed by atoms with Crippen molar-refractivity contribution in [2.45, 2.75) is 0 Å². The van der Waals surface area contributed by atoms with Crippen LogP contribution in [-0.2, 0) is 4.74 Å². The van der Waals surface area contributed by atoms with Crippen LogP contribution in [0, 0.1) is 0 Å². The molecule has 0 radical (unpaired) electrons. The molecule has 82 valence electrons. The molecule has 4 nitrogen and oxygen atoms in total. The first-order valence-corrected chi connectivity index (χ1v) is 4.82. The lowest BCUT2D eigenvalue weighted by atomic mass is 10.2. The Hall–Kier alpha value is -1.42. The number of aromatic hydroxyl groups is 1. The molecule has 0 aliphatic rings. The lowest BCUT2D eigenvalue weighted by molar-refractivity contribution is 0.0597. The molecule has 0 bridgehead atoms. The first-order chi connectivity index (χ1) is 7.19. The van der Waals surface area contributed by atoms with Crippen LogP contribution in [-0.4, -0.2) is 30.7 Å². The maximum absolute atomic E-state index is 11.1. The van der Waals surface area contributed by atoms with E-state index in [4.69, 9.17) is 16.3 Å². The number of alkyl halides is 1. The van der Waals surface area contributed by atoms with Gasteiger partial charge in [-0.15, -0.1) is 11.6 Å². The minimum Gasteiger partial charge on any atom is -0.507 e. The predicted octanol–water partition coefficient (Wildman–Crippen LogP) is 1.80. The van der Waals surface area contributed by atoms with Gasteiger partial charge in [0.05, 0.1) is 13.0 Å². The van der Waals surface area contributed by atoms with Crippen LogP contribution in [0.25, 0.3) is 0 Å². The molecular formula is C10H11ClO4. The molecule has 1 aromatic rings. The standard InChI is InChI=1S/C10H11ClO4/c1-14-10(13)8-3-2-7(6-9(8)12)15-5-4-11/h2-3,6,12H,4-5H2,1H3. The summed E-state index contributed by atoms with van der Waals surface area (Å²) in [6.07, 6.45) is 0. The second-order valence-electron chi connectivity index (χ2n) is 2.71. The van der Waals surface area contributed by atoms with Gasteiger partial charge in [0.25, 0.3) is 0 Å². The molecule has 0 aromatic heterocycles. The molecule has 0 unspecified atom stereocenters. The van der Waals surface area contributed by atoms with Crippen molar-refractivity contribution in [2.75, 3.05) is 19.6 Å². The predicted molar refractivity (Wildman–Crippen MR) is 55.7 cm³/mol. The average molecular weight is 231 g/mol. The number of carbonyl (C=O) groups is 1. The Kier molecular flexibility index (Phi) is 4.24. The molecule has 5 heteroatoms. The molecule has 0 fully saturated rings. The van der Waals surface area contributed by atoms with Crippen LogP contribution in [0.3, 0.4) is 0 Å². The van der Waals surface area contributed by atoms with Crippen molar-refractivity contribution in [3.8, 4) is 11.5 Å². The van der Waals surface area contributed by atoms with Crippen molar-refractivity contribution in [3.05, 3.63) is 23.8 Å². The summed E-state index contributed by atoms with van der Waals surface area (Å²) >= 11 is 5.43. The minimum absolute atomic E-state index is 0.107. The number of carbonyl (C=O) groups excluding carboxylic acids is 1. The lowest BCUT2D eigenvalue weighted by Crippen LogP contribution is -2.02. The highest BCUT2D eigenvalue weighted by Gasteiger charge is 2.11. The van der Waals surface area contributed by atoms with Gasteiger partial charge in [-0.1, -0.05) is 0 Å². The van der Waals surface area contributed by atoms with Crippen molar-refractivity contribution >= 4 is 17.6 Å². The molecule has 0 atom stereocenters. The fourth-order valence-electron chi connectivity index (χ4n) is 1.04. The number of phenols is 1. The normalized spacial score (nSPS) is 9.73. The molecule has 0 heterocycles. The smallest absolute Gasteiger partial charge is 0.341 e. The SMILES string of the molecule is COC(=O)c1ccc(OCCCl)cc1O. The number of rotatable bonds is 4. The van der Waals surface area contributed by atoms with Gasteiger partial charge in [-0.05, 0) is 12.1 Å². The Bertz CT molecular complexity index is 351. The number of esters is 1. The third-order valence-electron chi connectivity index (χ3n) is 1.72. The molecule has 0 aliphatic carbocycles. The van der Waals surface area contributed by atoms with E-state index in [9.17, 15) is 9.90 Å².